The van der Waals surface area contributed by atoms with Gasteiger partial charge in [0.15, 0.2) is 0 Å². The zero-order chi connectivity index (χ0) is 19.1. The average Bonchev–Trinajstić information content (AvgIpc) is 2.67. The standard InChI is InChI=1S/C21H29N3O2S/c1-23-14-16-24(17-15-23)21-11-9-19(10-12-21)8-5-13-22-27(25,26)18-20-6-3-2-4-7-20/h2-4,6-7,9-12,22H,5,8,13-18H2,1H3. The highest BCUT2D eigenvalue weighted by Gasteiger charge is 2.14. The molecule has 146 valence electrons. The fourth-order valence-electron chi connectivity index (χ4n) is 3.30. The maximum atomic E-state index is 12.1. The van der Waals surface area contributed by atoms with Crippen LogP contribution in [-0.4, -0.2) is 53.1 Å². The Bertz CT molecular complexity index is 799. The van der Waals surface area contributed by atoms with Crippen LogP contribution in [0.4, 0.5) is 5.69 Å². The third-order valence-electron chi connectivity index (χ3n) is 4.97. The predicted molar refractivity (Wildman–Crippen MR) is 112 cm³/mol. The fourth-order valence-corrected chi connectivity index (χ4v) is 4.49. The van der Waals surface area contributed by atoms with Crippen molar-refractivity contribution in [3.05, 3.63) is 65.7 Å². The molecule has 6 heteroatoms. The van der Waals surface area contributed by atoms with E-state index < -0.39 is 10.0 Å². The van der Waals surface area contributed by atoms with E-state index in [9.17, 15) is 8.42 Å². The second kappa shape index (κ2) is 9.35. The lowest BCUT2D eigenvalue weighted by Crippen LogP contribution is -2.44. The van der Waals surface area contributed by atoms with Crippen molar-refractivity contribution in [1.29, 1.82) is 0 Å². The normalized spacial score (nSPS) is 15.8. The Morgan fingerprint density at radius 2 is 1.56 bits per heavy atom. The molecule has 1 aliphatic heterocycles. The van der Waals surface area contributed by atoms with E-state index in [0.29, 0.717) is 6.54 Å². The van der Waals surface area contributed by atoms with E-state index in [1.807, 2.05) is 30.3 Å². The van der Waals surface area contributed by atoms with E-state index in [1.54, 1.807) is 0 Å². The summed E-state index contributed by atoms with van der Waals surface area (Å²) in [7, 11) is -1.11. The third-order valence-corrected chi connectivity index (χ3v) is 6.33. The van der Waals surface area contributed by atoms with Crippen LogP contribution in [0, 0.1) is 0 Å². The molecule has 2 aromatic rings. The number of sulfonamides is 1. The van der Waals surface area contributed by atoms with E-state index >= 15 is 0 Å². The van der Waals surface area contributed by atoms with Gasteiger partial charge in [-0.15, -0.1) is 0 Å². The maximum absolute atomic E-state index is 12.1. The Hall–Kier alpha value is -1.89. The molecule has 1 N–H and O–H groups in total. The summed E-state index contributed by atoms with van der Waals surface area (Å²) in [5.74, 6) is 0.0353. The summed E-state index contributed by atoms with van der Waals surface area (Å²) in [6.45, 7) is 4.81. The summed E-state index contributed by atoms with van der Waals surface area (Å²) in [6, 6.07) is 18.0. The quantitative estimate of drug-likeness (QED) is 0.707. The Balaban J connectivity index is 1.41. The van der Waals surface area contributed by atoms with Gasteiger partial charge in [0.2, 0.25) is 10.0 Å². The molecule has 0 aromatic heterocycles. The van der Waals surface area contributed by atoms with Crippen LogP contribution in [0.3, 0.4) is 0 Å². The van der Waals surface area contributed by atoms with Gasteiger partial charge < -0.3 is 9.80 Å². The minimum atomic E-state index is -3.28. The van der Waals surface area contributed by atoms with Crippen molar-refractivity contribution in [3.63, 3.8) is 0 Å². The number of benzene rings is 2. The molecule has 0 atom stereocenters. The van der Waals surface area contributed by atoms with E-state index in [-0.39, 0.29) is 5.75 Å². The molecule has 0 radical (unpaired) electrons. The summed E-state index contributed by atoms with van der Waals surface area (Å²) in [6.07, 6.45) is 1.67. The first kappa shape index (κ1) is 19.9. The molecular formula is C21H29N3O2S. The van der Waals surface area contributed by atoms with Crippen LogP contribution >= 0.6 is 0 Å². The topological polar surface area (TPSA) is 52.6 Å². The summed E-state index contributed by atoms with van der Waals surface area (Å²) in [5.41, 5.74) is 3.33. The van der Waals surface area contributed by atoms with E-state index in [2.05, 4.69) is 45.8 Å². The number of nitrogens with one attached hydrogen (secondary N) is 1. The molecule has 27 heavy (non-hydrogen) atoms. The Labute approximate surface area is 163 Å². The van der Waals surface area contributed by atoms with Crippen LogP contribution in [0.15, 0.2) is 54.6 Å². The molecule has 0 bridgehead atoms. The van der Waals surface area contributed by atoms with Gasteiger partial charge in [0.1, 0.15) is 0 Å². The van der Waals surface area contributed by atoms with Gasteiger partial charge in [0, 0.05) is 38.4 Å². The van der Waals surface area contributed by atoms with Crippen LogP contribution in [0.5, 0.6) is 0 Å². The number of hydrogen-bond donors (Lipinski definition) is 1. The van der Waals surface area contributed by atoms with Gasteiger partial charge in [-0.05, 0) is 43.1 Å². The van der Waals surface area contributed by atoms with Crippen LogP contribution in [0.2, 0.25) is 0 Å². The molecule has 1 saturated heterocycles. The Morgan fingerprint density at radius 1 is 0.889 bits per heavy atom. The molecule has 1 heterocycles. The first-order chi connectivity index (χ1) is 13.0. The molecular weight excluding hydrogens is 358 g/mol. The highest BCUT2D eigenvalue weighted by atomic mass is 32.2. The molecule has 0 aliphatic carbocycles. The lowest BCUT2D eigenvalue weighted by Gasteiger charge is -2.34. The van der Waals surface area contributed by atoms with Crippen molar-refractivity contribution in [2.24, 2.45) is 0 Å². The number of anilines is 1. The molecule has 3 rings (SSSR count). The van der Waals surface area contributed by atoms with Crippen molar-refractivity contribution in [2.75, 3.05) is 44.7 Å². The van der Waals surface area contributed by atoms with E-state index in [4.69, 9.17) is 0 Å². The van der Waals surface area contributed by atoms with Gasteiger partial charge in [-0.3, -0.25) is 0 Å². The van der Waals surface area contributed by atoms with Gasteiger partial charge in [0.05, 0.1) is 5.75 Å². The largest absolute Gasteiger partial charge is 0.369 e. The van der Waals surface area contributed by atoms with Crippen LogP contribution in [-0.2, 0) is 22.2 Å². The Kier molecular flexibility index (Phi) is 6.88. The zero-order valence-corrected chi connectivity index (χ0v) is 16.8. The lowest BCUT2D eigenvalue weighted by atomic mass is 10.1. The maximum Gasteiger partial charge on any atom is 0.215 e. The molecule has 0 saturated carbocycles. The zero-order valence-electron chi connectivity index (χ0n) is 16.0. The van der Waals surface area contributed by atoms with Crippen molar-refractivity contribution in [3.8, 4) is 0 Å². The van der Waals surface area contributed by atoms with E-state index in [1.165, 1.54) is 11.3 Å². The highest BCUT2D eigenvalue weighted by molar-refractivity contribution is 7.88. The average molecular weight is 388 g/mol. The van der Waals surface area contributed by atoms with Gasteiger partial charge in [0.25, 0.3) is 0 Å². The Morgan fingerprint density at radius 3 is 2.22 bits per heavy atom. The van der Waals surface area contributed by atoms with Crippen LogP contribution < -0.4 is 9.62 Å². The van der Waals surface area contributed by atoms with E-state index in [0.717, 1.165) is 44.6 Å². The number of aryl methyl sites for hydroxylation is 1. The monoisotopic (exact) mass is 387 g/mol. The lowest BCUT2D eigenvalue weighted by molar-refractivity contribution is 0.313. The first-order valence-corrected chi connectivity index (χ1v) is 11.2. The summed E-state index contributed by atoms with van der Waals surface area (Å²) >= 11 is 0. The van der Waals surface area contributed by atoms with Gasteiger partial charge in [-0.2, -0.15) is 0 Å². The van der Waals surface area contributed by atoms with Gasteiger partial charge in [-0.1, -0.05) is 42.5 Å². The van der Waals surface area contributed by atoms with Crippen molar-refractivity contribution < 1.29 is 8.42 Å². The first-order valence-electron chi connectivity index (χ1n) is 9.55. The number of hydrogen-bond acceptors (Lipinski definition) is 4. The number of likely N-dealkylation sites (N-methyl/N-ethyl adjacent to an activating group) is 1. The second-order valence-electron chi connectivity index (χ2n) is 7.20. The van der Waals surface area contributed by atoms with Crippen LogP contribution in [0.1, 0.15) is 17.5 Å². The van der Waals surface area contributed by atoms with Crippen molar-refractivity contribution in [2.45, 2.75) is 18.6 Å². The van der Waals surface area contributed by atoms with Crippen molar-refractivity contribution >= 4 is 15.7 Å². The molecule has 0 unspecified atom stereocenters. The number of nitrogens with zero attached hydrogens (tertiary/aromatic N) is 2. The highest BCUT2D eigenvalue weighted by Crippen LogP contribution is 2.17. The van der Waals surface area contributed by atoms with Gasteiger partial charge in [-0.25, -0.2) is 13.1 Å². The molecule has 1 fully saturated rings. The molecule has 2 aromatic carbocycles. The summed E-state index contributed by atoms with van der Waals surface area (Å²) in [4.78, 5) is 4.77. The number of piperazine rings is 1. The molecule has 1 aliphatic rings. The third kappa shape index (κ3) is 6.34. The number of rotatable bonds is 8. The molecule has 0 amide bonds. The van der Waals surface area contributed by atoms with Crippen molar-refractivity contribution in [1.82, 2.24) is 9.62 Å². The fraction of sp³-hybridized carbons (Fsp3) is 0.429. The van der Waals surface area contributed by atoms with Crippen LogP contribution in [0.25, 0.3) is 0 Å². The molecule has 5 nitrogen and oxygen atoms in total. The smallest absolute Gasteiger partial charge is 0.215 e. The molecule has 0 spiro atoms. The minimum Gasteiger partial charge on any atom is -0.369 e. The second-order valence-corrected chi connectivity index (χ2v) is 9.01. The summed E-state index contributed by atoms with van der Waals surface area (Å²) in [5, 5.41) is 0. The SMILES string of the molecule is CN1CCN(c2ccc(CCCNS(=O)(=O)Cc3ccccc3)cc2)CC1. The predicted octanol–water partition coefficient (Wildman–Crippen LogP) is 2.49. The summed E-state index contributed by atoms with van der Waals surface area (Å²) < 4.78 is 27.0. The van der Waals surface area contributed by atoms with Gasteiger partial charge >= 0.3 is 0 Å². The minimum absolute atomic E-state index is 0.0353.